The average molecular weight is 402 g/mol. The van der Waals surface area contributed by atoms with E-state index in [0.29, 0.717) is 5.91 Å². The molecule has 6 aliphatic rings. The molecule has 4 saturated carbocycles. The molecular weight excluding hydrogens is 362 g/mol. The Kier molecular flexibility index (Phi) is 5.61. The first-order valence-electron chi connectivity index (χ1n) is 12.4. The fraction of sp³-hybridized carbons (Fsp3) is 0.917. The highest BCUT2D eigenvalue weighted by atomic mass is 16.2. The lowest BCUT2D eigenvalue weighted by Crippen LogP contribution is -2.57. The second-order valence-corrected chi connectivity index (χ2v) is 10.9. The van der Waals surface area contributed by atoms with E-state index in [-0.39, 0.29) is 17.4 Å². The van der Waals surface area contributed by atoms with Crippen molar-refractivity contribution in [3.8, 4) is 0 Å². The summed E-state index contributed by atoms with van der Waals surface area (Å²) in [4.78, 5) is 31.1. The first-order valence-corrected chi connectivity index (χ1v) is 12.4. The van der Waals surface area contributed by atoms with Gasteiger partial charge >= 0.3 is 0 Å². The number of nitrogens with zero attached hydrogens (tertiary/aromatic N) is 2. The normalized spacial score (nSPS) is 39.1. The van der Waals surface area contributed by atoms with E-state index in [9.17, 15) is 9.59 Å². The van der Waals surface area contributed by atoms with Crippen molar-refractivity contribution in [2.24, 2.45) is 23.2 Å². The summed E-state index contributed by atoms with van der Waals surface area (Å²) >= 11 is 0. The van der Waals surface area contributed by atoms with Gasteiger partial charge in [0.25, 0.3) is 0 Å². The molecule has 0 aromatic rings. The van der Waals surface area contributed by atoms with Gasteiger partial charge in [0.2, 0.25) is 11.8 Å². The van der Waals surface area contributed by atoms with Crippen LogP contribution in [-0.4, -0.2) is 60.4 Å². The minimum absolute atomic E-state index is 0.0965. The van der Waals surface area contributed by atoms with Gasteiger partial charge in [-0.25, -0.2) is 0 Å². The fourth-order valence-electron chi connectivity index (χ4n) is 7.77. The van der Waals surface area contributed by atoms with Gasteiger partial charge in [0.1, 0.15) is 6.04 Å². The second-order valence-electron chi connectivity index (χ2n) is 10.9. The molecule has 4 bridgehead atoms. The van der Waals surface area contributed by atoms with Crippen molar-refractivity contribution in [3.63, 3.8) is 0 Å². The maximum absolute atomic E-state index is 13.7. The highest BCUT2D eigenvalue weighted by Crippen LogP contribution is 2.60. The molecule has 1 unspecified atom stereocenters. The number of likely N-dealkylation sites (tertiary alicyclic amines) is 2. The van der Waals surface area contributed by atoms with E-state index in [4.69, 9.17) is 0 Å². The molecule has 0 aromatic carbocycles. The molecule has 2 saturated heterocycles. The summed E-state index contributed by atoms with van der Waals surface area (Å²) in [7, 11) is 0. The van der Waals surface area contributed by atoms with Crippen LogP contribution >= 0.6 is 0 Å². The van der Waals surface area contributed by atoms with Crippen LogP contribution in [0.2, 0.25) is 0 Å². The molecule has 162 valence electrons. The lowest BCUT2D eigenvalue weighted by Gasteiger charge is -2.56. The third-order valence-electron chi connectivity index (χ3n) is 8.71. The Balaban J connectivity index is 1.15. The molecule has 1 atom stereocenters. The molecule has 29 heavy (non-hydrogen) atoms. The smallest absolute Gasteiger partial charge is 0.242 e. The summed E-state index contributed by atoms with van der Waals surface area (Å²) in [6, 6.07) is -0.217. The molecule has 2 aliphatic heterocycles. The van der Waals surface area contributed by atoms with Gasteiger partial charge in [0.05, 0.1) is 5.41 Å². The number of amides is 2. The van der Waals surface area contributed by atoms with Crippen molar-refractivity contribution < 1.29 is 9.59 Å². The Morgan fingerprint density at radius 2 is 1.52 bits per heavy atom. The van der Waals surface area contributed by atoms with E-state index in [1.165, 1.54) is 51.6 Å². The van der Waals surface area contributed by atoms with E-state index in [1.807, 2.05) is 4.90 Å². The van der Waals surface area contributed by atoms with Crippen LogP contribution in [-0.2, 0) is 9.59 Å². The Bertz CT molecular complexity index is 592. The lowest BCUT2D eigenvalue weighted by atomic mass is 9.49. The Morgan fingerprint density at radius 3 is 2.17 bits per heavy atom. The quantitative estimate of drug-likeness (QED) is 0.696. The number of piperidine rings is 1. The zero-order chi connectivity index (χ0) is 19.8. The molecular formula is C24H39N3O2. The van der Waals surface area contributed by atoms with Gasteiger partial charge in [-0.3, -0.25) is 9.59 Å². The number of rotatable bonds is 6. The summed E-state index contributed by atoms with van der Waals surface area (Å²) in [5, 5.41) is 3.16. The van der Waals surface area contributed by atoms with Crippen molar-refractivity contribution in [2.75, 3.05) is 32.7 Å². The maximum atomic E-state index is 13.7. The van der Waals surface area contributed by atoms with Crippen LogP contribution in [0.4, 0.5) is 0 Å². The molecule has 6 fully saturated rings. The van der Waals surface area contributed by atoms with Crippen molar-refractivity contribution in [3.05, 3.63) is 0 Å². The van der Waals surface area contributed by atoms with Gasteiger partial charge in [-0.05, 0) is 108 Å². The first-order chi connectivity index (χ1) is 14.1. The average Bonchev–Trinajstić information content (AvgIpc) is 3.20. The number of hydrogen-bond donors (Lipinski definition) is 1. The highest BCUT2D eigenvalue weighted by Gasteiger charge is 2.56. The summed E-state index contributed by atoms with van der Waals surface area (Å²) in [6.07, 6.45) is 14.2. The standard InChI is InChI=1S/C24H39N3O2/c28-22(25-7-5-10-26-8-2-1-3-9-26)21-6-4-11-27(21)23(29)24-15-18-12-19(16-24)14-20(13-18)17-24/h18-21H,1-17H2,(H,25,28). The zero-order valence-corrected chi connectivity index (χ0v) is 18.0. The monoisotopic (exact) mass is 401 g/mol. The number of hydrogen-bond acceptors (Lipinski definition) is 3. The summed E-state index contributed by atoms with van der Waals surface area (Å²) in [6.45, 7) is 5.03. The van der Waals surface area contributed by atoms with Gasteiger partial charge in [-0.15, -0.1) is 0 Å². The van der Waals surface area contributed by atoms with Crippen molar-refractivity contribution in [1.82, 2.24) is 15.1 Å². The van der Waals surface area contributed by atoms with Gasteiger partial charge in [-0.1, -0.05) is 6.42 Å². The van der Waals surface area contributed by atoms with Gasteiger partial charge < -0.3 is 15.1 Å². The predicted octanol–water partition coefficient (Wildman–Crippen LogP) is 3.19. The van der Waals surface area contributed by atoms with E-state index in [1.54, 1.807) is 0 Å². The molecule has 2 heterocycles. The predicted molar refractivity (Wildman–Crippen MR) is 113 cm³/mol. The van der Waals surface area contributed by atoms with Crippen LogP contribution in [0.15, 0.2) is 0 Å². The Hall–Kier alpha value is -1.10. The first kappa shape index (κ1) is 19.8. The SMILES string of the molecule is O=C(NCCCN1CCCCC1)C1CCCN1C(=O)C12CC3CC(CC(C3)C1)C2. The second kappa shape index (κ2) is 8.20. The highest BCUT2D eigenvalue weighted by molar-refractivity contribution is 5.91. The number of carbonyl (C=O) groups excluding carboxylic acids is 2. The summed E-state index contributed by atoms with van der Waals surface area (Å²) in [5.74, 6) is 2.75. The number of nitrogens with one attached hydrogen (secondary N) is 1. The van der Waals surface area contributed by atoms with Crippen LogP contribution in [0.3, 0.4) is 0 Å². The molecule has 0 aromatic heterocycles. The van der Waals surface area contributed by atoms with E-state index in [2.05, 4.69) is 10.2 Å². The van der Waals surface area contributed by atoms with Crippen LogP contribution in [0, 0.1) is 23.2 Å². The molecule has 0 radical (unpaired) electrons. The minimum atomic E-state index is -0.217. The minimum Gasteiger partial charge on any atom is -0.354 e. The summed E-state index contributed by atoms with van der Waals surface area (Å²) < 4.78 is 0. The Labute approximate surface area is 175 Å². The molecule has 6 rings (SSSR count). The van der Waals surface area contributed by atoms with Crippen LogP contribution in [0.1, 0.15) is 77.0 Å². The largest absolute Gasteiger partial charge is 0.354 e. The van der Waals surface area contributed by atoms with Crippen molar-refractivity contribution in [2.45, 2.75) is 83.1 Å². The van der Waals surface area contributed by atoms with Gasteiger partial charge in [0, 0.05) is 13.1 Å². The Morgan fingerprint density at radius 1 is 0.862 bits per heavy atom. The van der Waals surface area contributed by atoms with E-state index in [0.717, 1.165) is 75.9 Å². The fourth-order valence-corrected chi connectivity index (χ4v) is 7.77. The maximum Gasteiger partial charge on any atom is 0.242 e. The summed E-state index contributed by atoms with van der Waals surface area (Å²) in [5.41, 5.74) is -0.119. The third-order valence-corrected chi connectivity index (χ3v) is 8.71. The molecule has 2 amide bonds. The molecule has 5 nitrogen and oxygen atoms in total. The lowest BCUT2D eigenvalue weighted by molar-refractivity contribution is -0.160. The van der Waals surface area contributed by atoms with Crippen molar-refractivity contribution >= 4 is 11.8 Å². The van der Waals surface area contributed by atoms with E-state index >= 15 is 0 Å². The van der Waals surface area contributed by atoms with Crippen LogP contribution in [0.25, 0.3) is 0 Å². The topological polar surface area (TPSA) is 52.7 Å². The number of carbonyl (C=O) groups is 2. The molecule has 0 spiro atoms. The zero-order valence-electron chi connectivity index (χ0n) is 18.0. The van der Waals surface area contributed by atoms with Gasteiger partial charge in [-0.2, -0.15) is 0 Å². The van der Waals surface area contributed by atoms with E-state index < -0.39 is 0 Å². The molecule has 5 heteroatoms. The van der Waals surface area contributed by atoms with Crippen molar-refractivity contribution in [1.29, 1.82) is 0 Å². The van der Waals surface area contributed by atoms with Crippen LogP contribution < -0.4 is 5.32 Å². The third kappa shape index (κ3) is 3.96. The van der Waals surface area contributed by atoms with Crippen LogP contribution in [0.5, 0.6) is 0 Å². The molecule has 4 aliphatic carbocycles. The molecule has 1 N–H and O–H groups in total. The van der Waals surface area contributed by atoms with Gasteiger partial charge in [0.15, 0.2) is 0 Å².